The van der Waals surface area contributed by atoms with Crippen molar-refractivity contribution in [3.8, 4) is 0 Å². The fourth-order valence-corrected chi connectivity index (χ4v) is 1.25. The van der Waals surface area contributed by atoms with E-state index >= 15 is 0 Å². The molecule has 0 saturated heterocycles. The van der Waals surface area contributed by atoms with Crippen molar-refractivity contribution in [3.63, 3.8) is 0 Å². The molecule has 0 atom stereocenters. The van der Waals surface area contributed by atoms with E-state index in [0.29, 0.717) is 0 Å². The second-order valence-corrected chi connectivity index (χ2v) is 3.06. The first-order valence-electron chi connectivity index (χ1n) is 4.44. The highest BCUT2D eigenvalue weighted by Gasteiger charge is 1.87. The van der Waals surface area contributed by atoms with Crippen LogP contribution < -0.4 is 0 Å². The Balaban J connectivity index is 2.86. The minimum atomic E-state index is 0.999. The van der Waals surface area contributed by atoms with E-state index in [0.717, 1.165) is 16.6 Å². The first-order chi connectivity index (χ1) is 6.86. The van der Waals surface area contributed by atoms with E-state index in [2.05, 4.69) is 15.0 Å². The number of pyridine rings is 1. The fourth-order valence-electron chi connectivity index (χ4n) is 1.25. The molecule has 0 aliphatic rings. The van der Waals surface area contributed by atoms with Crippen LogP contribution >= 0.6 is 0 Å². The van der Waals surface area contributed by atoms with Gasteiger partial charge in [-0.1, -0.05) is 6.07 Å². The standard InChI is InChI=1S/C11H11N3/c1-9-7-12-5-2-3-10-4-6-13-8-11(10)14-9/h2-8,14H,1H3. The van der Waals surface area contributed by atoms with Crippen molar-refractivity contribution in [1.29, 1.82) is 0 Å². The predicted octanol–water partition coefficient (Wildman–Crippen LogP) is 2.39. The van der Waals surface area contributed by atoms with Crippen LogP contribution in [0.5, 0.6) is 0 Å². The molecule has 3 nitrogen and oxygen atoms in total. The van der Waals surface area contributed by atoms with Gasteiger partial charge in [0.2, 0.25) is 0 Å². The average molecular weight is 185 g/mol. The first kappa shape index (κ1) is 8.69. The zero-order chi connectivity index (χ0) is 9.80. The summed E-state index contributed by atoms with van der Waals surface area (Å²) in [6, 6.07) is 5.88. The number of nitrogens with zero attached hydrogens (tertiary/aromatic N) is 2. The minimum Gasteiger partial charge on any atom is -0.356 e. The molecular formula is C11H11N3. The Morgan fingerprint density at radius 3 is 2.86 bits per heavy atom. The summed E-state index contributed by atoms with van der Waals surface area (Å²) in [7, 11) is 0. The van der Waals surface area contributed by atoms with Crippen molar-refractivity contribution in [3.05, 3.63) is 48.7 Å². The van der Waals surface area contributed by atoms with Gasteiger partial charge in [0.15, 0.2) is 0 Å². The molecular weight excluding hydrogens is 174 g/mol. The summed E-state index contributed by atoms with van der Waals surface area (Å²) in [5.74, 6) is 0. The van der Waals surface area contributed by atoms with Gasteiger partial charge in [-0.15, -0.1) is 0 Å². The average Bonchev–Trinajstić information content (AvgIpc) is 2.27. The Morgan fingerprint density at radius 1 is 1.07 bits per heavy atom. The van der Waals surface area contributed by atoms with Gasteiger partial charge in [-0.3, -0.25) is 9.97 Å². The molecule has 0 fully saturated rings. The van der Waals surface area contributed by atoms with E-state index in [1.807, 2.05) is 31.3 Å². The van der Waals surface area contributed by atoms with Gasteiger partial charge in [0, 0.05) is 29.7 Å². The molecule has 0 bridgehead atoms. The topological polar surface area (TPSA) is 41.6 Å². The Morgan fingerprint density at radius 2 is 1.93 bits per heavy atom. The second kappa shape index (κ2) is 3.87. The van der Waals surface area contributed by atoms with Crippen LogP contribution in [-0.2, 0) is 0 Å². The van der Waals surface area contributed by atoms with E-state index in [1.54, 1.807) is 18.6 Å². The van der Waals surface area contributed by atoms with Crippen molar-refractivity contribution in [1.82, 2.24) is 15.0 Å². The third-order valence-corrected chi connectivity index (χ3v) is 1.90. The molecule has 0 spiro atoms. The third kappa shape index (κ3) is 1.88. The SMILES string of the molecule is Cc1cncccc2ccncc2[nH]1. The Bertz CT molecular complexity index is 487. The number of aromatic nitrogens is 3. The number of H-pyrrole nitrogens is 1. The Kier molecular flexibility index (Phi) is 2.40. The number of fused-ring (bicyclic) bond motifs is 1. The molecule has 0 aliphatic heterocycles. The smallest absolute Gasteiger partial charge is 0.0642 e. The second-order valence-electron chi connectivity index (χ2n) is 3.06. The molecule has 2 aromatic heterocycles. The predicted molar refractivity (Wildman–Crippen MR) is 56.3 cm³/mol. The van der Waals surface area contributed by atoms with Crippen molar-refractivity contribution >= 4 is 10.9 Å². The van der Waals surface area contributed by atoms with E-state index in [9.17, 15) is 0 Å². The lowest BCUT2D eigenvalue weighted by Gasteiger charge is -1.92. The molecule has 2 heterocycles. The molecule has 2 rings (SSSR count). The summed E-state index contributed by atoms with van der Waals surface area (Å²) >= 11 is 0. The lowest BCUT2D eigenvalue weighted by Crippen LogP contribution is -1.79. The van der Waals surface area contributed by atoms with Gasteiger partial charge < -0.3 is 4.98 Å². The summed E-state index contributed by atoms with van der Waals surface area (Å²) in [4.78, 5) is 11.4. The largest absolute Gasteiger partial charge is 0.356 e. The number of nitrogens with one attached hydrogen (secondary N) is 1. The highest BCUT2D eigenvalue weighted by atomic mass is 14.7. The van der Waals surface area contributed by atoms with E-state index in [-0.39, 0.29) is 0 Å². The van der Waals surface area contributed by atoms with E-state index < -0.39 is 0 Å². The van der Waals surface area contributed by atoms with Gasteiger partial charge in [-0.2, -0.15) is 0 Å². The molecule has 0 aromatic carbocycles. The van der Waals surface area contributed by atoms with Crippen molar-refractivity contribution in [2.75, 3.05) is 0 Å². The summed E-state index contributed by atoms with van der Waals surface area (Å²) in [5.41, 5.74) is 2.00. The third-order valence-electron chi connectivity index (χ3n) is 1.90. The number of hydrogen-bond acceptors (Lipinski definition) is 2. The number of aryl methyl sites for hydroxylation is 1. The molecule has 1 N–H and O–H groups in total. The molecule has 0 unspecified atom stereocenters. The molecule has 0 saturated carbocycles. The van der Waals surface area contributed by atoms with E-state index in [4.69, 9.17) is 0 Å². The van der Waals surface area contributed by atoms with Gasteiger partial charge in [0.25, 0.3) is 0 Å². The van der Waals surface area contributed by atoms with Crippen molar-refractivity contribution in [2.45, 2.75) is 6.92 Å². The van der Waals surface area contributed by atoms with E-state index in [1.165, 1.54) is 0 Å². The zero-order valence-corrected chi connectivity index (χ0v) is 7.94. The van der Waals surface area contributed by atoms with Gasteiger partial charge >= 0.3 is 0 Å². The van der Waals surface area contributed by atoms with Crippen molar-refractivity contribution in [2.24, 2.45) is 0 Å². The van der Waals surface area contributed by atoms with Crippen LogP contribution in [0, 0.1) is 6.92 Å². The van der Waals surface area contributed by atoms with Crippen LogP contribution in [0.25, 0.3) is 10.9 Å². The van der Waals surface area contributed by atoms with Crippen LogP contribution in [0.15, 0.2) is 43.0 Å². The molecule has 0 radical (unpaired) electrons. The number of rotatable bonds is 0. The molecule has 14 heavy (non-hydrogen) atoms. The molecule has 0 aliphatic carbocycles. The molecule has 2 aromatic rings. The maximum Gasteiger partial charge on any atom is 0.0642 e. The first-order valence-corrected chi connectivity index (χ1v) is 4.44. The molecule has 0 amide bonds. The summed E-state index contributed by atoms with van der Waals surface area (Å²) in [6.07, 6.45) is 7.13. The maximum atomic E-state index is 4.10. The van der Waals surface area contributed by atoms with Crippen LogP contribution in [0.1, 0.15) is 5.69 Å². The van der Waals surface area contributed by atoms with Gasteiger partial charge in [0.05, 0.1) is 11.7 Å². The number of hydrogen-bond donors (Lipinski definition) is 1. The van der Waals surface area contributed by atoms with Crippen LogP contribution in [0.4, 0.5) is 0 Å². The maximum absolute atomic E-state index is 4.10. The Hall–Kier alpha value is -1.90. The normalized spacial score (nSPS) is 9.79. The monoisotopic (exact) mass is 185 g/mol. The van der Waals surface area contributed by atoms with Crippen LogP contribution in [0.3, 0.4) is 0 Å². The fraction of sp³-hybridized carbons (Fsp3) is 0.0909. The number of aromatic amines is 1. The molecule has 70 valence electrons. The van der Waals surface area contributed by atoms with Crippen molar-refractivity contribution < 1.29 is 0 Å². The highest BCUT2D eigenvalue weighted by Crippen LogP contribution is 2.05. The summed E-state index contributed by atoms with van der Waals surface area (Å²) in [5, 5.41) is 1.11. The quantitative estimate of drug-likeness (QED) is 0.684. The summed E-state index contributed by atoms with van der Waals surface area (Å²) < 4.78 is 0. The minimum absolute atomic E-state index is 0.999. The van der Waals surface area contributed by atoms with Crippen LogP contribution in [0.2, 0.25) is 0 Å². The lowest BCUT2D eigenvalue weighted by atomic mass is 10.3. The van der Waals surface area contributed by atoms with Gasteiger partial charge in [-0.05, 0) is 19.1 Å². The van der Waals surface area contributed by atoms with Gasteiger partial charge in [0.1, 0.15) is 0 Å². The summed E-state index contributed by atoms with van der Waals surface area (Å²) in [6.45, 7) is 1.97. The van der Waals surface area contributed by atoms with Gasteiger partial charge in [-0.25, -0.2) is 0 Å². The zero-order valence-electron chi connectivity index (χ0n) is 7.94. The Labute approximate surface area is 82.2 Å². The molecule has 3 heteroatoms. The highest BCUT2D eigenvalue weighted by molar-refractivity contribution is 5.76. The lowest BCUT2D eigenvalue weighted by molar-refractivity contribution is 1.19. The van der Waals surface area contributed by atoms with Crippen LogP contribution in [-0.4, -0.2) is 15.0 Å².